The minimum Gasteiger partial charge on any atom is -0.341 e. The third-order valence-corrected chi connectivity index (χ3v) is 8.21. The standard InChI is InChI=1S/C25H31N5O3S/c31-25(30-13-7-2-8-14-30)24(20-9-3-1-4-10-20)29-17-15-28(16-18-29)19-23-26-21-11-5-6-12-22(21)34(32,33)27-23/h1,3-6,9-12,24H,2,7-8,13-19H2,(H,26,27). The molecule has 1 N–H and O–H groups in total. The lowest BCUT2D eigenvalue weighted by Gasteiger charge is -2.41. The lowest BCUT2D eigenvalue weighted by Crippen LogP contribution is -2.53. The summed E-state index contributed by atoms with van der Waals surface area (Å²) in [5.41, 5.74) is 1.61. The summed E-state index contributed by atoms with van der Waals surface area (Å²) in [5, 5.41) is 3.18. The first-order chi connectivity index (χ1) is 16.5. The zero-order valence-electron chi connectivity index (χ0n) is 19.3. The number of fused-ring (bicyclic) bond motifs is 1. The van der Waals surface area contributed by atoms with Crippen LogP contribution in [0.5, 0.6) is 0 Å². The van der Waals surface area contributed by atoms with Crippen molar-refractivity contribution < 1.29 is 13.2 Å². The Morgan fingerprint density at radius 2 is 1.56 bits per heavy atom. The number of likely N-dealkylation sites (tertiary alicyclic amines) is 1. The molecule has 2 aromatic rings. The summed E-state index contributed by atoms with van der Waals surface area (Å²) >= 11 is 0. The molecule has 0 saturated carbocycles. The summed E-state index contributed by atoms with van der Waals surface area (Å²) in [5.74, 6) is 0.636. The van der Waals surface area contributed by atoms with Gasteiger partial charge in [-0.1, -0.05) is 42.5 Å². The van der Waals surface area contributed by atoms with E-state index in [0.29, 0.717) is 18.1 Å². The van der Waals surface area contributed by atoms with Gasteiger partial charge >= 0.3 is 0 Å². The monoisotopic (exact) mass is 481 g/mol. The first-order valence-electron chi connectivity index (χ1n) is 12.0. The van der Waals surface area contributed by atoms with Crippen LogP contribution in [0.2, 0.25) is 0 Å². The Balaban J connectivity index is 1.27. The van der Waals surface area contributed by atoms with E-state index in [9.17, 15) is 13.2 Å². The third-order valence-electron chi connectivity index (χ3n) is 6.84. The molecule has 5 rings (SSSR count). The molecule has 180 valence electrons. The Kier molecular flexibility index (Phi) is 6.67. The second-order valence-corrected chi connectivity index (χ2v) is 10.7. The largest absolute Gasteiger partial charge is 0.341 e. The van der Waals surface area contributed by atoms with E-state index < -0.39 is 10.0 Å². The second-order valence-electron chi connectivity index (χ2n) is 9.15. The number of piperazine rings is 1. The Hall–Kier alpha value is -2.75. The molecular formula is C25H31N5O3S. The summed E-state index contributed by atoms with van der Waals surface area (Å²) in [7, 11) is -3.69. The lowest BCUT2D eigenvalue weighted by molar-refractivity contribution is -0.139. The van der Waals surface area contributed by atoms with Crippen LogP contribution in [0.4, 0.5) is 5.69 Å². The second kappa shape index (κ2) is 9.85. The topological polar surface area (TPSA) is 85.3 Å². The van der Waals surface area contributed by atoms with Gasteiger partial charge in [-0.05, 0) is 37.0 Å². The van der Waals surface area contributed by atoms with Crippen LogP contribution in [0.3, 0.4) is 0 Å². The van der Waals surface area contributed by atoms with E-state index in [-0.39, 0.29) is 16.8 Å². The molecule has 2 aromatic carbocycles. The van der Waals surface area contributed by atoms with Gasteiger partial charge in [0.2, 0.25) is 5.91 Å². The van der Waals surface area contributed by atoms with Crippen LogP contribution in [0.15, 0.2) is 63.9 Å². The minimum atomic E-state index is -3.69. The number of nitrogens with zero attached hydrogens (tertiary/aromatic N) is 4. The first kappa shape index (κ1) is 23.0. The Labute approximate surface area is 201 Å². The molecule has 1 atom stereocenters. The van der Waals surface area contributed by atoms with Gasteiger partial charge in [-0.2, -0.15) is 8.42 Å². The molecule has 0 aliphatic carbocycles. The lowest BCUT2D eigenvalue weighted by atomic mass is 10.0. The molecule has 2 saturated heterocycles. The van der Waals surface area contributed by atoms with E-state index in [1.165, 1.54) is 6.42 Å². The number of sulfonamides is 1. The first-order valence-corrected chi connectivity index (χ1v) is 13.5. The maximum atomic E-state index is 13.6. The Morgan fingerprint density at radius 1 is 0.882 bits per heavy atom. The number of amidine groups is 1. The quantitative estimate of drug-likeness (QED) is 0.707. The molecule has 3 aliphatic rings. The van der Waals surface area contributed by atoms with Crippen molar-refractivity contribution in [3.63, 3.8) is 0 Å². The van der Waals surface area contributed by atoms with Crippen LogP contribution in [0, 0.1) is 0 Å². The number of hydrogen-bond donors (Lipinski definition) is 1. The van der Waals surface area contributed by atoms with Crippen LogP contribution in [0.1, 0.15) is 30.9 Å². The summed E-state index contributed by atoms with van der Waals surface area (Å²) in [6.07, 6.45) is 3.33. The van der Waals surface area contributed by atoms with E-state index >= 15 is 0 Å². The number of nitrogens with one attached hydrogen (secondary N) is 1. The fourth-order valence-electron chi connectivity index (χ4n) is 5.06. The Morgan fingerprint density at radius 3 is 2.29 bits per heavy atom. The average Bonchev–Trinajstić information content (AvgIpc) is 2.86. The van der Waals surface area contributed by atoms with E-state index in [0.717, 1.165) is 57.7 Å². The van der Waals surface area contributed by atoms with Crippen LogP contribution in [-0.4, -0.2) is 80.7 Å². The number of carbonyl (C=O) groups excluding carboxylic acids is 1. The SMILES string of the molecule is O=C(C(c1ccccc1)N1CCN(CC2=NS(=O)(=O)c3ccccc3N2)CC1)N1CCCCC1. The van der Waals surface area contributed by atoms with Gasteiger partial charge in [-0.25, -0.2) is 0 Å². The van der Waals surface area contributed by atoms with Gasteiger partial charge in [0.05, 0.1) is 12.2 Å². The van der Waals surface area contributed by atoms with Crippen molar-refractivity contribution in [3.05, 3.63) is 60.2 Å². The highest BCUT2D eigenvalue weighted by Crippen LogP contribution is 2.28. The molecule has 2 fully saturated rings. The van der Waals surface area contributed by atoms with E-state index in [4.69, 9.17) is 0 Å². The van der Waals surface area contributed by atoms with Gasteiger partial charge in [-0.3, -0.25) is 14.6 Å². The smallest absolute Gasteiger partial charge is 0.286 e. The molecule has 8 nitrogen and oxygen atoms in total. The van der Waals surface area contributed by atoms with Crippen molar-refractivity contribution in [1.29, 1.82) is 0 Å². The zero-order valence-corrected chi connectivity index (χ0v) is 20.1. The van der Waals surface area contributed by atoms with E-state index in [1.54, 1.807) is 18.2 Å². The van der Waals surface area contributed by atoms with Crippen LogP contribution >= 0.6 is 0 Å². The van der Waals surface area contributed by atoms with E-state index in [1.807, 2.05) is 41.3 Å². The van der Waals surface area contributed by atoms with Crippen molar-refractivity contribution in [2.24, 2.45) is 4.40 Å². The molecule has 9 heteroatoms. The van der Waals surface area contributed by atoms with Gasteiger partial charge in [0, 0.05) is 39.3 Å². The summed E-state index contributed by atoms with van der Waals surface area (Å²) < 4.78 is 29.1. The van der Waals surface area contributed by atoms with Crippen molar-refractivity contribution in [2.75, 3.05) is 51.1 Å². The molecule has 0 bridgehead atoms. The van der Waals surface area contributed by atoms with Crippen LogP contribution in [-0.2, 0) is 14.8 Å². The third kappa shape index (κ3) is 4.87. The van der Waals surface area contributed by atoms with Gasteiger partial charge in [-0.15, -0.1) is 4.40 Å². The highest BCUT2D eigenvalue weighted by Gasteiger charge is 2.34. The number of piperidine rings is 1. The molecule has 3 aliphatic heterocycles. The summed E-state index contributed by atoms with van der Waals surface area (Å²) in [4.78, 5) is 20.3. The number of benzene rings is 2. The molecule has 0 radical (unpaired) electrons. The molecule has 34 heavy (non-hydrogen) atoms. The van der Waals surface area contributed by atoms with Crippen LogP contribution in [0.25, 0.3) is 0 Å². The molecule has 1 unspecified atom stereocenters. The number of anilines is 1. The van der Waals surface area contributed by atoms with Gasteiger partial charge < -0.3 is 10.2 Å². The molecule has 1 amide bonds. The highest BCUT2D eigenvalue weighted by atomic mass is 32.2. The highest BCUT2D eigenvalue weighted by molar-refractivity contribution is 7.90. The van der Waals surface area contributed by atoms with Gasteiger partial charge in [0.25, 0.3) is 10.0 Å². The fourth-order valence-corrected chi connectivity index (χ4v) is 6.20. The number of amides is 1. The zero-order chi connectivity index (χ0) is 23.5. The van der Waals surface area contributed by atoms with Gasteiger partial charge in [0.1, 0.15) is 16.8 Å². The number of rotatable bonds is 5. The molecule has 3 heterocycles. The minimum absolute atomic E-state index is 0.195. The number of para-hydroxylation sites is 1. The van der Waals surface area contributed by atoms with Gasteiger partial charge in [0.15, 0.2) is 0 Å². The molecule has 0 spiro atoms. The number of hydrogen-bond acceptors (Lipinski definition) is 6. The summed E-state index contributed by atoms with van der Waals surface area (Å²) in [6.45, 7) is 5.04. The van der Waals surface area contributed by atoms with Crippen molar-refractivity contribution in [3.8, 4) is 0 Å². The summed E-state index contributed by atoms with van der Waals surface area (Å²) in [6, 6.07) is 16.6. The van der Waals surface area contributed by atoms with Crippen molar-refractivity contribution in [1.82, 2.24) is 14.7 Å². The normalized spacial score (nSPS) is 21.8. The number of carbonyl (C=O) groups is 1. The van der Waals surface area contributed by atoms with Crippen molar-refractivity contribution in [2.45, 2.75) is 30.2 Å². The fraction of sp³-hybridized carbons (Fsp3) is 0.440. The Bertz CT molecular complexity index is 1150. The molecular weight excluding hydrogens is 450 g/mol. The van der Waals surface area contributed by atoms with E-state index in [2.05, 4.69) is 19.5 Å². The molecule has 0 aromatic heterocycles. The average molecular weight is 482 g/mol. The maximum Gasteiger partial charge on any atom is 0.286 e. The predicted octanol–water partition coefficient (Wildman–Crippen LogP) is 2.57. The predicted molar refractivity (Wildman–Crippen MR) is 132 cm³/mol. The maximum absolute atomic E-state index is 13.6. The van der Waals surface area contributed by atoms with Crippen LogP contribution < -0.4 is 5.32 Å². The van der Waals surface area contributed by atoms with Crippen molar-refractivity contribution >= 4 is 27.5 Å².